The van der Waals surface area contributed by atoms with Gasteiger partial charge in [-0.05, 0) is 51.6 Å². The van der Waals surface area contributed by atoms with Gasteiger partial charge in [0.25, 0.3) is 0 Å². The van der Waals surface area contributed by atoms with Crippen molar-refractivity contribution in [3.05, 3.63) is 114 Å². The number of anilines is 1. The predicted molar refractivity (Wildman–Crippen MR) is 128 cm³/mol. The first-order valence-corrected chi connectivity index (χ1v) is 10.7. The summed E-state index contributed by atoms with van der Waals surface area (Å²) in [7, 11) is 0. The summed E-state index contributed by atoms with van der Waals surface area (Å²) in [5.74, 6) is -1.02. The maximum absolute atomic E-state index is 12.6. The number of aromatic carboxylic acids is 1. The van der Waals surface area contributed by atoms with Crippen LogP contribution in [0.1, 0.15) is 27.4 Å². The summed E-state index contributed by atoms with van der Waals surface area (Å²) < 4.78 is 5.61. The summed E-state index contributed by atoms with van der Waals surface area (Å²) in [6.07, 6.45) is -0.555. The second kappa shape index (κ2) is 8.63. The van der Waals surface area contributed by atoms with Gasteiger partial charge in [0.1, 0.15) is 6.61 Å². The molecule has 0 bridgehead atoms. The van der Waals surface area contributed by atoms with Crippen LogP contribution in [-0.2, 0) is 4.74 Å². The summed E-state index contributed by atoms with van der Waals surface area (Å²) in [4.78, 5) is 24.1. The Morgan fingerprint density at radius 2 is 1.36 bits per heavy atom. The topological polar surface area (TPSA) is 75.6 Å². The fraction of sp³-hybridized carbons (Fsp3) is 0.0714. The fourth-order valence-corrected chi connectivity index (χ4v) is 4.44. The van der Waals surface area contributed by atoms with E-state index in [9.17, 15) is 14.7 Å². The highest BCUT2D eigenvalue weighted by Crippen LogP contribution is 2.44. The van der Waals surface area contributed by atoms with E-state index in [4.69, 9.17) is 4.74 Å². The largest absolute Gasteiger partial charge is 0.478 e. The van der Waals surface area contributed by atoms with Crippen LogP contribution >= 0.6 is 0 Å². The molecule has 0 spiro atoms. The van der Waals surface area contributed by atoms with Crippen molar-refractivity contribution in [1.82, 2.24) is 0 Å². The van der Waals surface area contributed by atoms with Gasteiger partial charge in [0.2, 0.25) is 0 Å². The summed E-state index contributed by atoms with van der Waals surface area (Å²) in [5, 5.41) is 12.2. The first-order valence-electron chi connectivity index (χ1n) is 10.7. The van der Waals surface area contributed by atoms with Crippen molar-refractivity contribution in [2.75, 3.05) is 11.9 Å². The number of benzene rings is 4. The molecule has 4 aromatic rings. The second-order valence-electron chi connectivity index (χ2n) is 7.88. The van der Waals surface area contributed by atoms with E-state index in [2.05, 4.69) is 29.6 Å². The molecule has 1 aliphatic carbocycles. The monoisotopic (exact) mass is 435 g/mol. The molecule has 162 valence electrons. The van der Waals surface area contributed by atoms with Crippen LogP contribution in [0.25, 0.3) is 22.3 Å². The first-order chi connectivity index (χ1) is 16.1. The van der Waals surface area contributed by atoms with Gasteiger partial charge < -0.3 is 9.84 Å². The average molecular weight is 435 g/mol. The van der Waals surface area contributed by atoms with Gasteiger partial charge in [-0.2, -0.15) is 0 Å². The standard InChI is InChI=1S/C28H21NO4/c30-27(31)25-15-6-1-10-20(25)18-8-7-9-19(16-18)29-28(32)33-17-26-23-13-4-2-11-21(23)22-12-3-5-14-24(22)26/h1-16,26H,17H2,(H,29,32)(H,30,31). The molecule has 0 aliphatic heterocycles. The van der Waals surface area contributed by atoms with Gasteiger partial charge in [-0.1, -0.05) is 78.9 Å². The lowest BCUT2D eigenvalue weighted by molar-refractivity contribution is 0.0697. The molecule has 0 atom stereocenters. The SMILES string of the molecule is O=C(Nc1cccc(-c2ccccc2C(=O)O)c1)OCC1c2ccccc2-c2ccccc21. The Bertz CT molecular complexity index is 1320. The van der Waals surface area contributed by atoms with Crippen LogP contribution in [0.2, 0.25) is 0 Å². The van der Waals surface area contributed by atoms with E-state index in [1.54, 1.807) is 42.5 Å². The maximum atomic E-state index is 12.6. The summed E-state index contributed by atoms with van der Waals surface area (Å²) in [6.45, 7) is 0.224. The van der Waals surface area contributed by atoms with E-state index >= 15 is 0 Å². The lowest BCUT2D eigenvalue weighted by Crippen LogP contribution is -2.17. The molecule has 0 heterocycles. The minimum Gasteiger partial charge on any atom is -0.478 e. The van der Waals surface area contributed by atoms with Gasteiger partial charge in [0.15, 0.2) is 0 Å². The molecule has 1 amide bonds. The Labute approximate surface area is 191 Å². The number of carbonyl (C=O) groups excluding carboxylic acids is 1. The lowest BCUT2D eigenvalue weighted by atomic mass is 9.98. The van der Waals surface area contributed by atoms with Crippen molar-refractivity contribution in [1.29, 1.82) is 0 Å². The number of hydrogen-bond acceptors (Lipinski definition) is 3. The van der Waals surface area contributed by atoms with E-state index in [0.29, 0.717) is 16.8 Å². The summed E-state index contributed by atoms with van der Waals surface area (Å²) >= 11 is 0. The molecule has 5 rings (SSSR count). The molecular weight excluding hydrogens is 414 g/mol. The Hall–Kier alpha value is -4.38. The maximum Gasteiger partial charge on any atom is 0.411 e. The Kier molecular flexibility index (Phi) is 5.37. The summed E-state index contributed by atoms with van der Waals surface area (Å²) in [5.41, 5.74) is 6.67. The molecule has 4 aromatic carbocycles. The van der Waals surface area contributed by atoms with Crippen LogP contribution < -0.4 is 5.32 Å². The quantitative estimate of drug-likeness (QED) is 0.380. The number of ether oxygens (including phenoxy) is 1. The summed E-state index contributed by atoms with van der Waals surface area (Å²) in [6, 6.07) is 30.2. The van der Waals surface area contributed by atoms with Gasteiger partial charge in [0.05, 0.1) is 5.56 Å². The Morgan fingerprint density at radius 3 is 2.03 bits per heavy atom. The van der Waals surface area contributed by atoms with E-state index in [0.717, 1.165) is 11.1 Å². The third-order valence-corrected chi connectivity index (χ3v) is 5.92. The van der Waals surface area contributed by atoms with Crippen LogP contribution in [0.3, 0.4) is 0 Å². The zero-order valence-corrected chi connectivity index (χ0v) is 17.7. The van der Waals surface area contributed by atoms with Crippen molar-refractivity contribution in [3.8, 4) is 22.3 Å². The average Bonchev–Trinajstić information content (AvgIpc) is 3.16. The number of amides is 1. The third-order valence-electron chi connectivity index (χ3n) is 5.92. The van der Waals surface area contributed by atoms with Gasteiger partial charge in [-0.25, -0.2) is 9.59 Å². The highest BCUT2D eigenvalue weighted by Gasteiger charge is 2.29. The van der Waals surface area contributed by atoms with E-state index in [-0.39, 0.29) is 18.1 Å². The predicted octanol–water partition coefficient (Wildman–Crippen LogP) is 6.41. The highest BCUT2D eigenvalue weighted by molar-refractivity contribution is 5.96. The van der Waals surface area contributed by atoms with Crippen LogP contribution in [0, 0.1) is 0 Å². The normalized spacial score (nSPS) is 12.0. The van der Waals surface area contributed by atoms with Crippen molar-refractivity contribution >= 4 is 17.7 Å². The lowest BCUT2D eigenvalue weighted by Gasteiger charge is -2.15. The van der Waals surface area contributed by atoms with Crippen LogP contribution in [-0.4, -0.2) is 23.8 Å². The number of nitrogens with one attached hydrogen (secondary N) is 1. The molecule has 5 nitrogen and oxygen atoms in total. The second-order valence-corrected chi connectivity index (χ2v) is 7.88. The van der Waals surface area contributed by atoms with Crippen LogP contribution in [0.4, 0.5) is 10.5 Å². The highest BCUT2D eigenvalue weighted by atomic mass is 16.5. The molecule has 1 aliphatic rings. The minimum atomic E-state index is -1.000. The molecule has 2 N–H and O–H groups in total. The van der Waals surface area contributed by atoms with Crippen molar-refractivity contribution in [2.45, 2.75) is 5.92 Å². The molecule has 0 saturated carbocycles. The van der Waals surface area contributed by atoms with Gasteiger partial charge >= 0.3 is 12.1 Å². The molecule has 0 fully saturated rings. The van der Waals surface area contributed by atoms with Crippen molar-refractivity contribution < 1.29 is 19.4 Å². The number of carboxylic acids is 1. The fourth-order valence-electron chi connectivity index (χ4n) is 4.44. The molecule has 0 aromatic heterocycles. The zero-order valence-electron chi connectivity index (χ0n) is 17.7. The number of carbonyl (C=O) groups is 2. The molecular formula is C28H21NO4. The third kappa shape index (κ3) is 3.96. The van der Waals surface area contributed by atoms with E-state index in [1.165, 1.54) is 11.1 Å². The number of fused-ring (bicyclic) bond motifs is 3. The van der Waals surface area contributed by atoms with E-state index in [1.807, 2.05) is 30.3 Å². The Morgan fingerprint density at radius 1 is 0.758 bits per heavy atom. The van der Waals surface area contributed by atoms with E-state index < -0.39 is 12.1 Å². The van der Waals surface area contributed by atoms with Crippen LogP contribution in [0.5, 0.6) is 0 Å². The molecule has 5 heteroatoms. The molecule has 33 heavy (non-hydrogen) atoms. The zero-order chi connectivity index (χ0) is 22.8. The number of rotatable bonds is 5. The van der Waals surface area contributed by atoms with Crippen molar-refractivity contribution in [2.24, 2.45) is 0 Å². The number of hydrogen-bond donors (Lipinski definition) is 2. The molecule has 0 radical (unpaired) electrons. The molecule has 0 saturated heterocycles. The Balaban J connectivity index is 1.31. The first kappa shape index (κ1) is 20.5. The van der Waals surface area contributed by atoms with Crippen molar-refractivity contribution in [3.63, 3.8) is 0 Å². The van der Waals surface area contributed by atoms with Crippen LogP contribution in [0.15, 0.2) is 97.1 Å². The smallest absolute Gasteiger partial charge is 0.411 e. The van der Waals surface area contributed by atoms with Gasteiger partial charge in [-0.15, -0.1) is 0 Å². The van der Waals surface area contributed by atoms with Gasteiger partial charge in [0, 0.05) is 11.6 Å². The molecule has 0 unspecified atom stereocenters. The van der Waals surface area contributed by atoms with Gasteiger partial charge in [-0.3, -0.25) is 5.32 Å². The minimum absolute atomic E-state index is 0.0167. The number of carboxylic acid groups (broad SMARTS) is 1.